The molecule has 120 valence electrons. The maximum absolute atomic E-state index is 13.7. The summed E-state index contributed by atoms with van der Waals surface area (Å²) < 4.78 is 36.7. The van der Waals surface area contributed by atoms with Crippen LogP contribution in [0, 0.1) is 11.6 Å². The standard InChI is InChI=1S/C17H14F2O4/c1-10(14-9-11(18)7-8-15(14)19)23-17(21)13-6-4-3-5-12(13)16(20)22-2/h3-10H,1-2H3. The molecule has 0 fully saturated rings. The lowest BCUT2D eigenvalue weighted by Gasteiger charge is -2.15. The fourth-order valence-electron chi connectivity index (χ4n) is 2.06. The molecule has 2 aromatic carbocycles. The number of carbonyl (C=O) groups excluding carboxylic acids is 2. The number of hydrogen-bond donors (Lipinski definition) is 0. The molecule has 1 atom stereocenters. The molecule has 2 aromatic rings. The summed E-state index contributed by atoms with van der Waals surface area (Å²) in [4.78, 5) is 23.9. The van der Waals surface area contributed by atoms with Crippen molar-refractivity contribution in [1.82, 2.24) is 0 Å². The van der Waals surface area contributed by atoms with Gasteiger partial charge in [0.2, 0.25) is 0 Å². The molecule has 0 amide bonds. The maximum Gasteiger partial charge on any atom is 0.339 e. The van der Waals surface area contributed by atoms with Gasteiger partial charge in [0.15, 0.2) is 0 Å². The van der Waals surface area contributed by atoms with Gasteiger partial charge in [-0.3, -0.25) is 0 Å². The molecule has 0 aliphatic rings. The van der Waals surface area contributed by atoms with E-state index < -0.39 is 29.7 Å². The van der Waals surface area contributed by atoms with Gasteiger partial charge in [0.05, 0.1) is 18.2 Å². The number of carbonyl (C=O) groups is 2. The second-order valence-electron chi connectivity index (χ2n) is 4.75. The van der Waals surface area contributed by atoms with Gasteiger partial charge in [0.25, 0.3) is 0 Å². The van der Waals surface area contributed by atoms with Gasteiger partial charge in [0.1, 0.15) is 17.7 Å². The van der Waals surface area contributed by atoms with Crippen LogP contribution in [0.15, 0.2) is 42.5 Å². The van der Waals surface area contributed by atoms with E-state index in [1.165, 1.54) is 26.2 Å². The van der Waals surface area contributed by atoms with Crippen LogP contribution in [0.25, 0.3) is 0 Å². The summed E-state index contributed by atoms with van der Waals surface area (Å²) in [7, 11) is 1.19. The van der Waals surface area contributed by atoms with E-state index in [4.69, 9.17) is 4.74 Å². The predicted octanol–water partition coefficient (Wildman–Crippen LogP) is 3.67. The Morgan fingerprint density at radius 2 is 1.61 bits per heavy atom. The van der Waals surface area contributed by atoms with Gasteiger partial charge in [-0.25, -0.2) is 18.4 Å². The van der Waals surface area contributed by atoms with E-state index in [0.29, 0.717) is 0 Å². The van der Waals surface area contributed by atoms with E-state index in [2.05, 4.69) is 4.74 Å². The lowest BCUT2D eigenvalue weighted by atomic mass is 10.1. The van der Waals surface area contributed by atoms with Gasteiger partial charge in [-0.05, 0) is 37.3 Å². The normalized spacial score (nSPS) is 11.7. The van der Waals surface area contributed by atoms with Crippen LogP contribution in [0.2, 0.25) is 0 Å². The van der Waals surface area contributed by atoms with E-state index in [0.717, 1.165) is 18.2 Å². The van der Waals surface area contributed by atoms with Gasteiger partial charge < -0.3 is 9.47 Å². The topological polar surface area (TPSA) is 52.6 Å². The van der Waals surface area contributed by atoms with E-state index in [-0.39, 0.29) is 16.7 Å². The van der Waals surface area contributed by atoms with Crippen molar-refractivity contribution >= 4 is 11.9 Å². The molecule has 2 rings (SSSR count). The summed E-state index contributed by atoms with van der Waals surface area (Å²) in [6.45, 7) is 1.41. The number of methoxy groups -OCH3 is 1. The van der Waals surface area contributed by atoms with Gasteiger partial charge in [0, 0.05) is 5.56 Å². The summed E-state index contributed by atoms with van der Waals surface area (Å²) in [5, 5.41) is 0. The monoisotopic (exact) mass is 320 g/mol. The number of ether oxygens (including phenoxy) is 2. The molecule has 6 heteroatoms. The number of hydrogen-bond acceptors (Lipinski definition) is 4. The molecule has 0 aromatic heterocycles. The van der Waals surface area contributed by atoms with E-state index >= 15 is 0 Å². The third-order valence-electron chi connectivity index (χ3n) is 3.23. The molecular formula is C17H14F2O4. The second-order valence-corrected chi connectivity index (χ2v) is 4.75. The summed E-state index contributed by atoms with van der Waals surface area (Å²) in [5.41, 5.74) is -0.0659. The lowest BCUT2D eigenvalue weighted by Crippen LogP contribution is -2.15. The molecule has 0 spiro atoms. The SMILES string of the molecule is COC(=O)c1ccccc1C(=O)OC(C)c1cc(F)ccc1F. The molecule has 0 aliphatic carbocycles. The van der Waals surface area contributed by atoms with Crippen molar-refractivity contribution in [2.24, 2.45) is 0 Å². The van der Waals surface area contributed by atoms with E-state index in [1.807, 2.05) is 0 Å². The molecule has 0 heterocycles. The first-order chi connectivity index (χ1) is 10.9. The lowest BCUT2D eigenvalue weighted by molar-refractivity contribution is 0.0322. The zero-order valence-electron chi connectivity index (χ0n) is 12.5. The Morgan fingerprint density at radius 3 is 2.22 bits per heavy atom. The molecule has 0 saturated heterocycles. The van der Waals surface area contributed by atoms with Crippen molar-refractivity contribution in [2.45, 2.75) is 13.0 Å². The second kappa shape index (κ2) is 7.00. The smallest absolute Gasteiger partial charge is 0.339 e. The largest absolute Gasteiger partial charge is 0.465 e. The molecule has 1 unspecified atom stereocenters. The van der Waals surface area contributed by atoms with Gasteiger partial charge in [-0.2, -0.15) is 0 Å². The first-order valence-electron chi connectivity index (χ1n) is 6.77. The number of esters is 2. The summed E-state index contributed by atoms with van der Waals surface area (Å²) in [6.07, 6.45) is -1.02. The highest BCUT2D eigenvalue weighted by Gasteiger charge is 2.22. The highest BCUT2D eigenvalue weighted by molar-refractivity contribution is 6.03. The average Bonchev–Trinajstić information content (AvgIpc) is 2.56. The van der Waals surface area contributed by atoms with Crippen LogP contribution in [0.1, 0.15) is 39.3 Å². The first-order valence-corrected chi connectivity index (χ1v) is 6.77. The molecule has 0 bridgehead atoms. The number of rotatable bonds is 4. The first kappa shape index (κ1) is 16.6. The fourth-order valence-corrected chi connectivity index (χ4v) is 2.06. The Balaban J connectivity index is 2.26. The molecule has 0 radical (unpaired) electrons. The summed E-state index contributed by atoms with van der Waals surface area (Å²) >= 11 is 0. The van der Waals surface area contributed by atoms with Gasteiger partial charge in [-0.15, -0.1) is 0 Å². The highest BCUT2D eigenvalue weighted by atomic mass is 19.1. The van der Waals surface area contributed by atoms with Crippen LogP contribution in [-0.2, 0) is 9.47 Å². The Hall–Kier alpha value is -2.76. The zero-order valence-corrected chi connectivity index (χ0v) is 12.5. The predicted molar refractivity (Wildman–Crippen MR) is 78.0 cm³/mol. The van der Waals surface area contributed by atoms with E-state index in [1.54, 1.807) is 12.1 Å². The number of benzene rings is 2. The Labute approximate surface area is 131 Å². The minimum atomic E-state index is -1.02. The third-order valence-corrected chi connectivity index (χ3v) is 3.23. The molecule has 0 saturated carbocycles. The molecule has 4 nitrogen and oxygen atoms in total. The van der Waals surface area contributed by atoms with Gasteiger partial charge >= 0.3 is 11.9 Å². The minimum absolute atomic E-state index is 0.0111. The van der Waals surface area contributed by atoms with Crippen LogP contribution in [0.4, 0.5) is 8.78 Å². The highest BCUT2D eigenvalue weighted by Crippen LogP contribution is 2.23. The van der Waals surface area contributed by atoms with Crippen molar-refractivity contribution in [3.63, 3.8) is 0 Å². The van der Waals surface area contributed by atoms with Crippen molar-refractivity contribution in [1.29, 1.82) is 0 Å². The summed E-state index contributed by atoms with van der Waals surface area (Å²) in [5.74, 6) is -2.85. The number of halogens is 2. The van der Waals surface area contributed by atoms with Crippen molar-refractivity contribution in [3.05, 3.63) is 70.8 Å². The molecule has 0 N–H and O–H groups in total. The van der Waals surface area contributed by atoms with Crippen molar-refractivity contribution < 1.29 is 27.8 Å². The van der Waals surface area contributed by atoms with Crippen LogP contribution in [-0.4, -0.2) is 19.0 Å². The third kappa shape index (κ3) is 3.71. The van der Waals surface area contributed by atoms with Gasteiger partial charge in [-0.1, -0.05) is 12.1 Å². The van der Waals surface area contributed by atoms with Crippen LogP contribution in [0.3, 0.4) is 0 Å². The average molecular weight is 320 g/mol. The Morgan fingerprint density at radius 1 is 1.00 bits per heavy atom. The van der Waals surface area contributed by atoms with Crippen LogP contribution >= 0.6 is 0 Å². The minimum Gasteiger partial charge on any atom is -0.465 e. The fraction of sp³-hybridized carbons (Fsp3) is 0.176. The molecular weight excluding hydrogens is 306 g/mol. The molecule has 0 aliphatic heterocycles. The quantitative estimate of drug-likeness (QED) is 0.807. The molecule has 23 heavy (non-hydrogen) atoms. The zero-order chi connectivity index (χ0) is 17.0. The van der Waals surface area contributed by atoms with Crippen LogP contribution in [0.5, 0.6) is 0 Å². The summed E-state index contributed by atoms with van der Waals surface area (Å²) in [6, 6.07) is 8.81. The Kier molecular flexibility index (Phi) is 5.05. The van der Waals surface area contributed by atoms with Crippen molar-refractivity contribution in [3.8, 4) is 0 Å². The van der Waals surface area contributed by atoms with Crippen LogP contribution < -0.4 is 0 Å². The van der Waals surface area contributed by atoms with E-state index in [9.17, 15) is 18.4 Å². The maximum atomic E-state index is 13.7. The van der Waals surface area contributed by atoms with Crippen molar-refractivity contribution in [2.75, 3.05) is 7.11 Å². The Bertz CT molecular complexity index is 743.